The van der Waals surface area contributed by atoms with E-state index in [0.717, 1.165) is 22.6 Å². The maximum atomic E-state index is 11.3. The summed E-state index contributed by atoms with van der Waals surface area (Å²) in [6, 6.07) is 13.6. The Morgan fingerprint density at radius 1 is 1.16 bits per heavy atom. The Kier molecular flexibility index (Phi) is 5.13. The largest absolute Gasteiger partial charge is 0.363 e. The zero-order valence-corrected chi connectivity index (χ0v) is 18.6. The molecule has 0 fully saturated rings. The van der Waals surface area contributed by atoms with Crippen LogP contribution in [0.25, 0.3) is 0 Å². The summed E-state index contributed by atoms with van der Waals surface area (Å²) in [5, 5.41) is 14.9. The Morgan fingerprint density at radius 3 is 2.58 bits per heavy atom. The van der Waals surface area contributed by atoms with E-state index in [1.807, 2.05) is 12.1 Å². The minimum Gasteiger partial charge on any atom is -0.363 e. The number of nitro benzene ring substituents is 1. The van der Waals surface area contributed by atoms with E-state index in [1.165, 1.54) is 5.56 Å². The fraction of sp³-hybridized carbons (Fsp3) is 0.360. The highest BCUT2D eigenvalue weighted by molar-refractivity contribution is 5.69. The molecule has 1 unspecified atom stereocenters. The molecule has 162 valence electrons. The number of nitrogens with one attached hydrogen (secondary N) is 1. The average molecular weight is 419 g/mol. The van der Waals surface area contributed by atoms with Crippen LogP contribution in [0.4, 0.5) is 17.1 Å². The Hall–Kier alpha value is -3.12. The summed E-state index contributed by atoms with van der Waals surface area (Å²) >= 11 is 0. The van der Waals surface area contributed by atoms with Gasteiger partial charge in [0, 0.05) is 53.1 Å². The van der Waals surface area contributed by atoms with Crippen LogP contribution in [0.15, 0.2) is 66.4 Å². The van der Waals surface area contributed by atoms with Crippen molar-refractivity contribution in [3.63, 3.8) is 0 Å². The molecule has 0 radical (unpaired) electrons. The monoisotopic (exact) mass is 418 g/mol. The molecule has 0 aliphatic carbocycles. The second-order valence-electron chi connectivity index (χ2n) is 9.37. The maximum Gasteiger partial charge on any atom is 0.269 e. The first kappa shape index (κ1) is 21.1. The summed E-state index contributed by atoms with van der Waals surface area (Å²) in [5.74, 6) is 0. The smallest absolute Gasteiger partial charge is 0.269 e. The molecule has 0 saturated carbocycles. The molecule has 31 heavy (non-hydrogen) atoms. The van der Waals surface area contributed by atoms with E-state index in [0.29, 0.717) is 13.1 Å². The first-order valence-corrected chi connectivity index (χ1v) is 10.7. The molecule has 0 saturated heterocycles. The SMILES string of the molecule is CC1(C)/C(=C\C=C\C2N(CCN)c3ccc([N+](=O)[O-])cc3C2(C)C)Nc2ccccc21. The van der Waals surface area contributed by atoms with E-state index in [1.54, 1.807) is 12.1 Å². The van der Waals surface area contributed by atoms with Crippen LogP contribution in [-0.2, 0) is 10.8 Å². The number of hydrogen-bond donors (Lipinski definition) is 2. The second kappa shape index (κ2) is 7.54. The van der Waals surface area contributed by atoms with Crippen molar-refractivity contribution in [1.82, 2.24) is 0 Å². The van der Waals surface area contributed by atoms with Gasteiger partial charge in [0.05, 0.1) is 11.0 Å². The molecule has 4 rings (SSSR count). The van der Waals surface area contributed by atoms with E-state index in [2.05, 4.69) is 74.3 Å². The van der Waals surface area contributed by atoms with Gasteiger partial charge in [0.25, 0.3) is 5.69 Å². The van der Waals surface area contributed by atoms with Crippen LogP contribution in [0.3, 0.4) is 0 Å². The highest BCUT2D eigenvalue weighted by Crippen LogP contribution is 2.47. The first-order chi connectivity index (χ1) is 14.7. The lowest BCUT2D eigenvalue weighted by Crippen LogP contribution is -2.42. The average Bonchev–Trinajstić information content (AvgIpc) is 3.10. The normalized spacial score (nSPS) is 21.9. The van der Waals surface area contributed by atoms with Gasteiger partial charge in [-0.15, -0.1) is 0 Å². The lowest BCUT2D eigenvalue weighted by molar-refractivity contribution is -0.384. The van der Waals surface area contributed by atoms with Crippen LogP contribution in [-0.4, -0.2) is 24.1 Å². The number of non-ortho nitro benzene ring substituents is 1. The topological polar surface area (TPSA) is 84.4 Å². The minimum absolute atomic E-state index is 0.0526. The van der Waals surface area contributed by atoms with Crippen LogP contribution < -0.4 is 16.0 Å². The van der Waals surface area contributed by atoms with Gasteiger partial charge in [-0.3, -0.25) is 10.1 Å². The van der Waals surface area contributed by atoms with Gasteiger partial charge in [-0.2, -0.15) is 0 Å². The maximum absolute atomic E-state index is 11.3. The van der Waals surface area contributed by atoms with Crippen molar-refractivity contribution >= 4 is 17.1 Å². The zero-order valence-electron chi connectivity index (χ0n) is 18.6. The number of nitro groups is 1. The van der Waals surface area contributed by atoms with Crippen LogP contribution in [0, 0.1) is 10.1 Å². The molecule has 2 aliphatic rings. The lowest BCUT2D eigenvalue weighted by Gasteiger charge is -2.32. The summed E-state index contributed by atoms with van der Waals surface area (Å²) in [6.07, 6.45) is 6.43. The van der Waals surface area contributed by atoms with Gasteiger partial charge in [-0.25, -0.2) is 0 Å². The van der Waals surface area contributed by atoms with Crippen molar-refractivity contribution in [1.29, 1.82) is 0 Å². The lowest BCUT2D eigenvalue weighted by atomic mass is 9.80. The second-order valence-corrected chi connectivity index (χ2v) is 9.37. The number of anilines is 2. The van der Waals surface area contributed by atoms with Crippen molar-refractivity contribution in [2.45, 2.75) is 44.6 Å². The predicted molar refractivity (Wildman–Crippen MR) is 127 cm³/mol. The van der Waals surface area contributed by atoms with Crippen molar-refractivity contribution in [2.24, 2.45) is 5.73 Å². The van der Waals surface area contributed by atoms with Gasteiger partial charge >= 0.3 is 0 Å². The molecule has 2 heterocycles. The van der Waals surface area contributed by atoms with Crippen molar-refractivity contribution in [2.75, 3.05) is 23.3 Å². The highest BCUT2D eigenvalue weighted by atomic mass is 16.6. The summed E-state index contributed by atoms with van der Waals surface area (Å²) < 4.78 is 0. The fourth-order valence-electron chi connectivity index (χ4n) is 4.94. The van der Waals surface area contributed by atoms with Gasteiger partial charge in [-0.1, -0.05) is 58.0 Å². The molecular formula is C25H30N4O2. The minimum atomic E-state index is -0.331. The number of allylic oxidation sites excluding steroid dienone is 3. The molecular weight excluding hydrogens is 388 g/mol. The van der Waals surface area contributed by atoms with E-state index < -0.39 is 0 Å². The number of para-hydroxylation sites is 1. The summed E-state index contributed by atoms with van der Waals surface area (Å²) in [7, 11) is 0. The molecule has 2 aliphatic heterocycles. The number of fused-ring (bicyclic) bond motifs is 2. The summed E-state index contributed by atoms with van der Waals surface area (Å²) in [5.41, 5.74) is 11.3. The molecule has 2 aromatic carbocycles. The quantitative estimate of drug-likeness (QED) is 0.535. The third-order valence-electron chi connectivity index (χ3n) is 6.74. The van der Waals surface area contributed by atoms with Crippen LogP contribution in [0.2, 0.25) is 0 Å². The number of nitrogens with two attached hydrogens (primary N) is 1. The van der Waals surface area contributed by atoms with Crippen molar-refractivity contribution < 1.29 is 4.92 Å². The summed E-state index contributed by atoms with van der Waals surface area (Å²) in [6.45, 7) is 9.93. The first-order valence-electron chi connectivity index (χ1n) is 10.7. The fourth-order valence-corrected chi connectivity index (χ4v) is 4.94. The molecule has 0 spiro atoms. The van der Waals surface area contributed by atoms with Gasteiger partial charge in [0.15, 0.2) is 0 Å². The molecule has 0 amide bonds. The van der Waals surface area contributed by atoms with Gasteiger partial charge < -0.3 is 16.0 Å². The number of hydrogen-bond acceptors (Lipinski definition) is 5. The van der Waals surface area contributed by atoms with Crippen molar-refractivity contribution in [3.05, 3.63) is 87.6 Å². The van der Waals surface area contributed by atoms with E-state index >= 15 is 0 Å². The van der Waals surface area contributed by atoms with Gasteiger partial charge in [0.1, 0.15) is 0 Å². The van der Waals surface area contributed by atoms with Crippen LogP contribution in [0.1, 0.15) is 38.8 Å². The Balaban J connectivity index is 1.67. The number of nitrogens with zero attached hydrogens (tertiary/aromatic N) is 2. The number of benzene rings is 2. The Labute approximate surface area is 183 Å². The van der Waals surface area contributed by atoms with E-state index in [-0.39, 0.29) is 27.5 Å². The van der Waals surface area contributed by atoms with Crippen LogP contribution in [0.5, 0.6) is 0 Å². The Morgan fingerprint density at radius 2 is 1.90 bits per heavy atom. The molecule has 1 atom stereocenters. The molecule has 2 aromatic rings. The standard InChI is InChI=1S/C25H30N4O2/c1-24(2)18-8-5-6-9-20(18)27-22(24)10-7-11-23-25(3,4)19-16-17(29(30)31)12-13-21(19)28(23)15-14-26/h5-13,16,23,27H,14-15,26H2,1-4H3/b11-7+,22-10+. The molecule has 6 nitrogen and oxygen atoms in total. The third kappa shape index (κ3) is 3.41. The molecule has 3 N–H and O–H groups in total. The highest BCUT2D eigenvalue weighted by Gasteiger charge is 2.43. The van der Waals surface area contributed by atoms with E-state index in [4.69, 9.17) is 5.73 Å². The Bertz CT molecular complexity index is 1080. The molecule has 6 heteroatoms. The predicted octanol–water partition coefficient (Wildman–Crippen LogP) is 4.86. The van der Waals surface area contributed by atoms with Crippen molar-refractivity contribution in [3.8, 4) is 0 Å². The zero-order chi connectivity index (χ0) is 22.4. The summed E-state index contributed by atoms with van der Waals surface area (Å²) in [4.78, 5) is 13.2. The molecule has 0 bridgehead atoms. The van der Waals surface area contributed by atoms with Gasteiger partial charge in [0.2, 0.25) is 0 Å². The van der Waals surface area contributed by atoms with Crippen LogP contribution >= 0.6 is 0 Å². The van der Waals surface area contributed by atoms with Gasteiger partial charge in [-0.05, 0) is 29.3 Å². The molecule has 0 aromatic heterocycles. The number of rotatable bonds is 5. The third-order valence-corrected chi connectivity index (χ3v) is 6.74. The van der Waals surface area contributed by atoms with E-state index in [9.17, 15) is 10.1 Å².